The SMILES string of the molecule is CONC(=O)c1ccc(-n2cncn2)nc1. The number of carbonyl (C=O) groups is 1. The zero-order chi connectivity index (χ0) is 11.4. The Balaban J connectivity index is 2.20. The topological polar surface area (TPSA) is 81.9 Å². The maximum absolute atomic E-state index is 11.3. The normalized spacial score (nSPS) is 10.1. The summed E-state index contributed by atoms with van der Waals surface area (Å²) in [6.45, 7) is 0. The molecule has 0 aliphatic rings. The first-order chi connectivity index (χ1) is 7.81. The smallest absolute Gasteiger partial charge is 0.276 e. The van der Waals surface area contributed by atoms with Crippen LogP contribution in [0.15, 0.2) is 31.0 Å². The molecule has 0 aromatic carbocycles. The van der Waals surface area contributed by atoms with Crippen molar-refractivity contribution in [1.82, 2.24) is 25.2 Å². The van der Waals surface area contributed by atoms with E-state index in [2.05, 4.69) is 25.4 Å². The van der Waals surface area contributed by atoms with Crippen molar-refractivity contribution >= 4 is 5.91 Å². The van der Waals surface area contributed by atoms with Gasteiger partial charge in [-0.2, -0.15) is 5.10 Å². The van der Waals surface area contributed by atoms with E-state index in [1.807, 2.05) is 0 Å². The fourth-order valence-electron chi connectivity index (χ4n) is 1.13. The quantitative estimate of drug-likeness (QED) is 0.732. The van der Waals surface area contributed by atoms with Crippen molar-refractivity contribution in [3.63, 3.8) is 0 Å². The lowest BCUT2D eigenvalue weighted by atomic mass is 10.3. The van der Waals surface area contributed by atoms with Crippen LogP contribution in [0, 0.1) is 0 Å². The van der Waals surface area contributed by atoms with Crippen LogP contribution in [0.3, 0.4) is 0 Å². The van der Waals surface area contributed by atoms with Crippen molar-refractivity contribution in [1.29, 1.82) is 0 Å². The number of hydroxylamine groups is 1. The second-order valence-corrected chi connectivity index (χ2v) is 2.88. The minimum absolute atomic E-state index is 0.347. The highest BCUT2D eigenvalue weighted by atomic mass is 16.6. The Labute approximate surface area is 91.0 Å². The van der Waals surface area contributed by atoms with Gasteiger partial charge in [-0.25, -0.2) is 20.1 Å². The third kappa shape index (κ3) is 2.04. The third-order valence-corrected chi connectivity index (χ3v) is 1.86. The Morgan fingerprint density at radius 1 is 1.50 bits per heavy atom. The Bertz CT molecular complexity index is 465. The van der Waals surface area contributed by atoms with Crippen molar-refractivity contribution in [2.75, 3.05) is 7.11 Å². The molecule has 0 saturated heterocycles. The van der Waals surface area contributed by atoms with Crippen LogP contribution in [0.25, 0.3) is 5.82 Å². The predicted octanol–water partition coefficient (Wildman–Crippen LogP) is -0.0465. The highest BCUT2D eigenvalue weighted by Gasteiger charge is 2.05. The van der Waals surface area contributed by atoms with E-state index < -0.39 is 0 Å². The molecule has 7 heteroatoms. The van der Waals surface area contributed by atoms with Crippen LogP contribution in [-0.4, -0.2) is 32.8 Å². The minimum atomic E-state index is -0.347. The molecule has 0 bridgehead atoms. The summed E-state index contributed by atoms with van der Waals surface area (Å²) in [5, 5.41) is 3.92. The second-order valence-electron chi connectivity index (χ2n) is 2.88. The van der Waals surface area contributed by atoms with Crippen molar-refractivity contribution in [3.05, 3.63) is 36.5 Å². The lowest BCUT2D eigenvalue weighted by molar-refractivity contribution is 0.0537. The van der Waals surface area contributed by atoms with Crippen LogP contribution >= 0.6 is 0 Å². The van der Waals surface area contributed by atoms with E-state index in [4.69, 9.17) is 0 Å². The van der Waals surface area contributed by atoms with Gasteiger partial charge < -0.3 is 0 Å². The van der Waals surface area contributed by atoms with Crippen molar-refractivity contribution < 1.29 is 9.63 Å². The first-order valence-corrected chi connectivity index (χ1v) is 4.45. The summed E-state index contributed by atoms with van der Waals surface area (Å²) in [7, 11) is 1.37. The molecule has 1 N–H and O–H groups in total. The van der Waals surface area contributed by atoms with Gasteiger partial charge in [0.25, 0.3) is 5.91 Å². The molecular formula is C9H9N5O2. The molecule has 0 radical (unpaired) electrons. The fraction of sp³-hybridized carbons (Fsp3) is 0.111. The van der Waals surface area contributed by atoms with Gasteiger partial charge in [-0.3, -0.25) is 9.63 Å². The van der Waals surface area contributed by atoms with Crippen LogP contribution in [0.5, 0.6) is 0 Å². The molecule has 0 aliphatic carbocycles. The van der Waals surface area contributed by atoms with Crippen LogP contribution in [0.2, 0.25) is 0 Å². The van der Waals surface area contributed by atoms with Gasteiger partial charge in [0.2, 0.25) is 0 Å². The van der Waals surface area contributed by atoms with Gasteiger partial charge in [-0.1, -0.05) is 0 Å². The van der Waals surface area contributed by atoms with Gasteiger partial charge in [-0.05, 0) is 12.1 Å². The van der Waals surface area contributed by atoms with Crippen molar-refractivity contribution in [2.24, 2.45) is 0 Å². The monoisotopic (exact) mass is 219 g/mol. The van der Waals surface area contributed by atoms with E-state index in [0.29, 0.717) is 11.4 Å². The molecule has 16 heavy (non-hydrogen) atoms. The number of pyridine rings is 1. The number of rotatable bonds is 3. The zero-order valence-electron chi connectivity index (χ0n) is 8.49. The van der Waals surface area contributed by atoms with E-state index in [9.17, 15) is 4.79 Å². The van der Waals surface area contributed by atoms with Gasteiger partial charge in [0.1, 0.15) is 12.7 Å². The van der Waals surface area contributed by atoms with Crippen molar-refractivity contribution in [2.45, 2.75) is 0 Å². The number of aromatic nitrogens is 4. The standard InChI is InChI=1S/C9H9N5O2/c1-16-13-9(15)7-2-3-8(11-4-7)14-6-10-5-12-14/h2-6H,1H3,(H,13,15). The molecule has 0 spiro atoms. The summed E-state index contributed by atoms with van der Waals surface area (Å²) in [6.07, 6.45) is 4.37. The summed E-state index contributed by atoms with van der Waals surface area (Å²) < 4.78 is 1.50. The fourth-order valence-corrected chi connectivity index (χ4v) is 1.13. The Morgan fingerprint density at radius 3 is 2.94 bits per heavy atom. The first kappa shape index (κ1) is 10.2. The number of amides is 1. The predicted molar refractivity (Wildman–Crippen MR) is 53.6 cm³/mol. The maximum Gasteiger partial charge on any atom is 0.276 e. The molecule has 2 aromatic rings. The van der Waals surface area contributed by atoms with Crippen LogP contribution in [-0.2, 0) is 4.84 Å². The first-order valence-electron chi connectivity index (χ1n) is 4.45. The number of hydrogen-bond acceptors (Lipinski definition) is 5. The van der Waals surface area contributed by atoms with Gasteiger partial charge in [0.15, 0.2) is 5.82 Å². The molecule has 82 valence electrons. The molecule has 2 rings (SSSR count). The molecule has 2 heterocycles. The average Bonchev–Trinajstić information content (AvgIpc) is 2.83. The van der Waals surface area contributed by atoms with E-state index in [1.54, 1.807) is 12.1 Å². The van der Waals surface area contributed by atoms with Crippen LogP contribution in [0.4, 0.5) is 0 Å². The largest absolute Gasteiger partial charge is 0.277 e. The number of nitrogens with zero attached hydrogens (tertiary/aromatic N) is 4. The number of carbonyl (C=O) groups excluding carboxylic acids is 1. The molecule has 0 atom stereocenters. The Kier molecular flexibility index (Phi) is 2.88. The molecule has 7 nitrogen and oxygen atoms in total. The highest BCUT2D eigenvalue weighted by Crippen LogP contribution is 2.03. The van der Waals surface area contributed by atoms with E-state index in [0.717, 1.165) is 0 Å². The second kappa shape index (κ2) is 4.49. The van der Waals surface area contributed by atoms with E-state index in [-0.39, 0.29) is 5.91 Å². The highest BCUT2D eigenvalue weighted by molar-refractivity contribution is 5.93. The molecule has 0 unspecified atom stereocenters. The minimum Gasteiger partial charge on any atom is -0.277 e. The summed E-state index contributed by atoms with van der Waals surface area (Å²) in [5.41, 5.74) is 2.61. The van der Waals surface area contributed by atoms with Gasteiger partial charge in [0, 0.05) is 6.20 Å². The van der Waals surface area contributed by atoms with Gasteiger partial charge >= 0.3 is 0 Å². The summed E-state index contributed by atoms with van der Waals surface area (Å²) >= 11 is 0. The Hall–Kier alpha value is -2.28. The third-order valence-electron chi connectivity index (χ3n) is 1.86. The van der Waals surface area contributed by atoms with Gasteiger partial charge in [-0.15, -0.1) is 0 Å². The average molecular weight is 219 g/mol. The van der Waals surface area contributed by atoms with E-state index >= 15 is 0 Å². The lowest BCUT2D eigenvalue weighted by Gasteiger charge is -2.02. The Morgan fingerprint density at radius 2 is 2.38 bits per heavy atom. The molecule has 1 amide bonds. The zero-order valence-corrected chi connectivity index (χ0v) is 8.49. The van der Waals surface area contributed by atoms with Crippen LogP contribution in [0.1, 0.15) is 10.4 Å². The number of nitrogens with one attached hydrogen (secondary N) is 1. The number of hydrogen-bond donors (Lipinski definition) is 1. The molecule has 0 saturated carbocycles. The van der Waals surface area contributed by atoms with Crippen LogP contribution < -0.4 is 5.48 Å². The summed E-state index contributed by atoms with van der Waals surface area (Å²) in [6, 6.07) is 3.29. The summed E-state index contributed by atoms with van der Waals surface area (Å²) in [4.78, 5) is 23.7. The van der Waals surface area contributed by atoms with Crippen molar-refractivity contribution in [3.8, 4) is 5.82 Å². The molecule has 2 aromatic heterocycles. The van der Waals surface area contributed by atoms with E-state index in [1.165, 1.54) is 30.6 Å². The molecular weight excluding hydrogens is 210 g/mol. The lowest BCUT2D eigenvalue weighted by Crippen LogP contribution is -2.21. The molecule has 0 fully saturated rings. The summed E-state index contributed by atoms with van der Waals surface area (Å²) in [5.74, 6) is 0.242. The maximum atomic E-state index is 11.3. The molecule has 0 aliphatic heterocycles. The van der Waals surface area contributed by atoms with Gasteiger partial charge in [0.05, 0.1) is 12.7 Å².